The van der Waals surface area contributed by atoms with Gasteiger partial charge in [0.05, 0.1) is 11.2 Å². The molecule has 6 atom stereocenters. The van der Waals surface area contributed by atoms with Gasteiger partial charge in [-0.2, -0.15) is 0 Å². The van der Waals surface area contributed by atoms with Crippen molar-refractivity contribution in [2.24, 2.45) is 40.4 Å². The molecule has 1 unspecified atom stereocenters. The van der Waals surface area contributed by atoms with Crippen molar-refractivity contribution in [1.29, 1.82) is 0 Å². The summed E-state index contributed by atoms with van der Waals surface area (Å²) in [6, 6.07) is 0. The first-order chi connectivity index (χ1) is 15.7. The van der Waals surface area contributed by atoms with Crippen LogP contribution < -0.4 is 0 Å². The Morgan fingerprint density at radius 2 is 1.68 bits per heavy atom. The summed E-state index contributed by atoms with van der Waals surface area (Å²) in [6.07, 6.45) is 4.09. The molecular formula is C28H40O6. The van der Waals surface area contributed by atoms with Gasteiger partial charge in [-0.25, -0.2) is 0 Å². The maximum absolute atomic E-state index is 12.9. The monoisotopic (exact) mass is 472 g/mol. The summed E-state index contributed by atoms with van der Waals surface area (Å²) in [5.41, 5.74) is -1.28. The van der Waals surface area contributed by atoms with Crippen molar-refractivity contribution < 1.29 is 30.0 Å². The number of carbonyl (C=O) groups is 2. The van der Waals surface area contributed by atoms with Crippen molar-refractivity contribution in [2.75, 3.05) is 0 Å². The van der Waals surface area contributed by atoms with Gasteiger partial charge in [0.15, 0.2) is 12.1 Å². The Morgan fingerprint density at radius 1 is 1.03 bits per heavy atom. The van der Waals surface area contributed by atoms with Crippen LogP contribution in [-0.4, -0.2) is 38.1 Å². The number of aliphatic hydroxyl groups is 1. The molecule has 0 bridgehead atoms. The van der Waals surface area contributed by atoms with Gasteiger partial charge in [0, 0.05) is 12.0 Å². The third-order valence-corrected chi connectivity index (χ3v) is 9.80. The summed E-state index contributed by atoms with van der Waals surface area (Å²) in [5, 5.41) is 44.0. The van der Waals surface area contributed by atoms with E-state index in [1.54, 1.807) is 0 Å². The highest BCUT2D eigenvalue weighted by Crippen LogP contribution is 2.75. The Bertz CT molecular complexity index is 1020. The first-order valence-corrected chi connectivity index (χ1v) is 12.7. The van der Waals surface area contributed by atoms with Crippen molar-refractivity contribution in [2.45, 2.75) is 85.7 Å². The Balaban J connectivity index is 1.77. The second kappa shape index (κ2) is 7.97. The van der Waals surface area contributed by atoms with Crippen molar-refractivity contribution in [3.8, 4) is 17.2 Å². The molecule has 4 rings (SSSR count). The SMILES string of the molecule is CC(C)CC(=O)c1c(O)c(C=O)c(O)c(C[C@H]2CC[C@@](C)(O)C3[C@H]4[C@@H](CC[C@@]32C)C4(C)C)c1O. The third kappa shape index (κ3) is 3.55. The molecular weight excluding hydrogens is 432 g/mol. The Hall–Kier alpha value is -2.08. The Labute approximate surface area is 202 Å². The predicted molar refractivity (Wildman–Crippen MR) is 129 cm³/mol. The minimum absolute atomic E-state index is 0.000519. The highest BCUT2D eigenvalue weighted by atomic mass is 16.3. The van der Waals surface area contributed by atoms with Crippen LogP contribution in [0.4, 0.5) is 0 Å². The highest BCUT2D eigenvalue weighted by Gasteiger charge is 2.71. The van der Waals surface area contributed by atoms with Crippen molar-refractivity contribution >= 4 is 12.1 Å². The van der Waals surface area contributed by atoms with E-state index in [-0.39, 0.29) is 58.1 Å². The summed E-state index contributed by atoms with van der Waals surface area (Å²) in [4.78, 5) is 24.6. The number of hydrogen-bond acceptors (Lipinski definition) is 6. The number of Topliss-reactive ketones (excluding diaryl/α,β-unsaturated/α-hetero) is 1. The van der Waals surface area contributed by atoms with Gasteiger partial charge in [0.1, 0.15) is 22.8 Å². The molecule has 3 aliphatic carbocycles. The number of carbonyl (C=O) groups excluding carboxylic acids is 2. The van der Waals surface area contributed by atoms with E-state index in [9.17, 15) is 30.0 Å². The average molecular weight is 473 g/mol. The van der Waals surface area contributed by atoms with Crippen LogP contribution in [0.3, 0.4) is 0 Å². The topological polar surface area (TPSA) is 115 Å². The molecule has 6 nitrogen and oxygen atoms in total. The summed E-state index contributed by atoms with van der Waals surface area (Å²) in [6.45, 7) is 12.5. The molecule has 34 heavy (non-hydrogen) atoms. The lowest BCUT2D eigenvalue weighted by molar-refractivity contribution is -0.149. The van der Waals surface area contributed by atoms with Crippen LogP contribution >= 0.6 is 0 Å². The highest BCUT2D eigenvalue weighted by molar-refractivity contribution is 6.05. The maximum atomic E-state index is 12.9. The quantitative estimate of drug-likeness (QED) is 0.333. The Kier molecular flexibility index (Phi) is 5.87. The fraction of sp³-hybridized carbons (Fsp3) is 0.714. The molecule has 0 heterocycles. The number of phenols is 3. The largest absolute Gasteiger partial charge is 0.507 e. The molecule has 3 fully saturated rings. The molecule has 0 spiro atoms. The van der Waals surface area contributed by atoms with Gasteiger partial charge in [-0.05, 0) is 79.4 Å². The molecule has 188 valence electrons. The fourth-order valence-corrected chi connectivity index (χ4v) is 7.95. The fourth-order valence-electron chi connectivity index (χ4n) is 7.95. The zero-order chi connectivity index (χ0) is 25.4. The van der Waals surface area contributed by atoms with Gasteiger partial charge in [0.2, 0.25) is 0 Å². The number of aldehydes is 1. The zero-order valence-electron chi connectivity index (χ0n) is 21.3. The predicted octanol–water partition coefficient (Wildman–Crippen LogP) is 5.24. The smallest absolute Gasteiger partial charge is 0.170 e. The van der Waals surface area contributed by atoms with E-state index in [1.165, 1.54) is 0 Å². The molecule has 0 saturated heterocycles. The second-order valence-corrected chi connectivity index (χ2v) is 12.7. The molecule has 0 radical (unpaired) electrons. The molecule has 0 amide bonds. The van der Waals surface area contributed by atoms with Crippen LogP contribution in [0.15, 0.2) is 0 Å². The summed E-state index contributed by atoms with van der Waals surface area (Å²) in [7, 11) is 0. The van der Waals surface area contributed by atoms with Crippen molar-refractivity contribution in [3.63, 3.8) is 0 Å². The van der Waals surface area contributed by atoms with E-state index in [4.69, 9.17) is 0 Å². The lowest BCUT2D eigenvalue weighted by Crippen LogP contribution is -2.55. The van der Waals surface area contributed by atoms with Crippen LogP contribution in [0, 0.1) is 40.4 Å². The molecule has 0 aromatic heterocycles. The van der Waals surface area contributed by atoms with Crippen LogP contribution in [0.1, 0.15) is 99.9 Å². The molecule has 3 aliphatic rings. The number of hydrogen-bond donors (Lipinski definition) is 4. The van der Waals surface area contributed by atoms with Gasteiger partial charge < -0.3 is 20.4 Å². The normalized spacial score (nSPS) is 36.0. The van der Waals surface area contributed by atoms with E-state index in [0.29, 0.717) is 31.0 Å². The molecule has 0 aliphatic heterocycles. The molecule has 6 heteroatoms. The Morgan fingerprint density at radius 3 is 2.26 bits per heavy atom. The molecule has 3 saturated carbocycles. The lowest BCUT2D eigenvalue weighted by atomic mass is 9.50. The van der Waals surface area contributed by atoms with Crippen LogP contribution in [0.2, 0.25) is 0 Å². The minimum Gasteiger partial charge on any atom is -0.507 e. The van der Waals surface area contributed by atoms with Gasteiger partial charge >= 0.3 is 0 Å². The lowest BCUT2D eigenvalue weighted by Gasteiger charge is -2.57. The molecule has 4 N–H and O–H groups in total. The molecule has 1 aromatic carbocycles. The average Bonchev–Trinajstić information content (AvgIpc) is 3.26. The third-order valence-electron chi connectivity index (χ3n) is 9.80. The first-order valence-electron chi connectivity index (χ1n) is 12.7. The maximum Gasteiger partial charge on any atom is 0.170 e. The van der Waals surface area contributed by atoms with Gasteiger partial charge in [-0.3, -0.25) is 9.59 Å². The van der Waals surface area contributed by atoms with Crippen LogP contribution in [0.5, 0.6) is 17.2 Å². The van der Waals surface area contributed by atoms with Crippen molar-refractivity contribution in [3.05, 3.63) is 16.7 Å². The zero-order valence-corrected chi connectivity index (χ0v) is 21.3. The van der Waals surface area contributed by atoms with E-state index >= 15 is 0 Å². The van der Waals surface area contributed by atoms with Crippen LogP contribution in [-0.2, 0) is 6.42 Å². The number of rotatable bonds is 6. The van der Waals surface area contributed by atoms with Crippen molar-refractivity contribution in [1.82, 2.24) is 0 Å². The van der Waals surface area contributed by atoms with E-state index in [0.717, 1.165) is 12.8 Å². The number of benzene rings is 1. The summed E-state index contributed by atoms with van der Waals surface area (Å²) >= 11 is 0. The second-order valence-electron chi connectivity index (χ2n) is 12.7. The van der Waals surface area contributed by atoms with E-state index in [1.807, 2.05) is 20.8 Å². The van der Waals surface area contributed by atoms with Crippen LogP contribution in [0.25, 0.3) is 0 Å². The number of phenolic OH excluding ortho intramolecular Hbond substituents is 3. The first kappa shape index (κ1) is 25.0. The van der Waals surface area contributed by atoms with E-state index in [2.05, 4.69) is 20.8 Å². The summed E-state index contributed by atoms with van der Waals surface area (Å²) < 4.78 is 0. The van der Waals surface area contributed by atoms with Gasteiger partial charge in [-0.1, -0.05) is 34.6 Å². The number of aromatic hydroxyl groups is 3. The number of ketones is 1. The number of fused-ring (bicyclic) bond motifs is 3. The standard InChI is InChI=1S/C28H40O6/c1-14(2)11-19(30)20-23(32)16(22(31)17(13-29)24(20)33)12-15-7-10-28(6,34)25-21-18(26(21,3)4)8-9-27(15,25)5/h13-15,18,21,25,31-34H,7-12H2,1-6H3/t15-,18-,21-,25?,27-,28-/m1/s1. The van der Waals surface area contributed by atoms with Gasteiger partial charge in [0.25, 0.3) is 0 Å². The van der Waals surface area contributed by atoms with Gasteiger partial charge in [-0.15, -0.1) is 0 Å². The molecule has 1 aromatic rings. The summed E-state index contributed by atoms with van der Waals surface area (Å²) in [5.74, 6) is -0.812. The van der Waals surface area contributed by atoms with E-state index < -0.39 is 28.6 Å². The minimum atomic E-state index is -0.784.